The van der Waals surface area contributed by atoms with Crippen LogP contribution in [0.5, 0.6) is 0 Å². The van der Waals surface area contributed by atoms with Gasteiger partial charge in [0.05, 0.1) is 26.0 Å². The number of hydroxylamine groups is 1. The molecule has 0 atom stereocenters. The molecule has 0 unspecified atom stereocenters. The van der Waals surface area contributed by atoms with Crippen LogP contribution in [0.4, 0.5) is 0 Å². The Hall–Kier alpha value is -1.40. The van der Waals surface area contributed by atoms with Gasteiger partial charge in [0, 0.05) is 7.05 Å². The van der Waals surface area contributed by atoms with Crippen molar-refractivity contribution >= 4 is 5.97 Å². The molecule has 0 aliphatic heterocycles. The topological polar surface area (TPSA) is 65.4 Å². The molecule has 0 aromatic carbocycles. The summed E-state index contributed by atoms with van der Waals surface area (Å²) >= 11 is 0. The van der Waals surface area contributed by atoms with Gasteiger partial charge in [-0.05, 0) is 13.0 Å². The standard InChI is InChI=1S/C9H15N3O3/c1-4-15-10-6-7-5-8(9(13)14-3)11-12(7)2/h5,10H,4,6H2,1-3H3. The molecule has 0 saturated carbocycles. The van der Waals surface area contributed by atoms with Crippen LogP contribution < -0.4 is 5.48 Å². The van der Waals surface area contributed by atoms with Crippen molar-refractivity contribution in [2.75, 3.05) is 13.7 Å². The Morgan fingerprint density at radius 2 is 2.40 bits per heavy atom. The van der Waals surface area contributed by atoms with Gasteiger partial charge in [-0.1, -0.05) is 0 Å². The Kier molecular flexibility index (Phi) is 4.26. The summed E-state index contributed by atoms with van der Waals surface area (Å²) in [6.45, 7) is 2.96. The summed E-state index contributed by atoms with van der Waals surface area (Å²) in [5.41, 5.74) is 3.90. The zero-order valence-corrected chi connectivity index (χ0v) is 9.11. The SMILES string of the molecule is CCONCc1cc(C(=O)OC)nn1C. The Morgan fingerprint density at radius 1 is 1.67 bits per heavy atom. The summed E-state index contributed by atoms with van der Waals surface area (Å²) in [4.78, 5) is 16.1. The van der Waals surface area contributed by atoms with E-state index < -0.39 is 5.97 Å². The van der Waals surface area contributed by atoms with Gasteiger partial charge in [-0.25, -0.2) is 4.79 Å². The molecule has 1 aromatic heterocycles. The molecular formula is C9H15N3O3. The van der Waals surface area contributed by atoms with E-state index in [0.29, 0.717) is 18.8 Å². The molecule has 1 rings (SSSR count). The highest BCUT2D eigenvalue weighted by Crippen LogP contribution is 2.04. The third kappa shape index (κ3) is 3.03. The number of hydrogen-bond acceptors (Lipinski definition) is 5. The molecule has 6 heteroatoms. The zero-order valence-electron chi connectivity index (χ0n) is 9.11. The van der Waals surface area contributed by atoms with Crippen molar-refractivity contribution in [3.8, 4) is 0 Å². The number of aryl methyl sites for hydroxylation is 1. The third-order valence-corrected chi connectivity index (χ3v) is 1.87. The average molecular weight is 213 g/mol. The summed E-state index contributed by atoms with van der Waals surface area (Å²) in [5.74, 6) is -0.437. The summed E-state index contributed by atoms with van der Waals surface area (Å²) in [7, 11) is 3.09. The van der Waals surface area contributed by atoms with E-state index in [1.165, 1.54) is 7.11 Å². The number of ether oxygens (including phenoxy) is 1. The van der Waals surface area contributed by atoms with Gasteiger partial charge >= 0.3 is 5.97 Å². The van der Waals surface area contributed by atoms with Crippen molar-refractivity contribution in [3.05, 3.63) is 17.5 Å². The van der Waals surface area contributed by atoms with E-state index in [9.17, 15) is 4.79 Å². The Balaban J connectivity index is 2.64. The summed E-state index contributed by atoms with van der Waals surface area (Å²) in [5, 5.41) is 4.01. The highest BCUT2D eigenvalue weighted by atomic mass is 16.6. The van der Waals surface area contributed by atoms with Gasteiger partial charge in [0.15, 0.2) is 5.69 Å². The maximum Gasteiger partial charge on any atom is 0.358 e. The monoisotopic (exact) mass is 213 g/mol. The van der Waals surface area contributed by atoms with E-state index in [2.05, 4.69) is 15.3 Å². The number of aromatic nitrogens is 2. The molecule has 0 fully saturated rings. The minimum absolute atomic E-state index is 0.299. The van der Waals surface area contributed by atoms with Gasteiger partial charge in [-0.15, -0.1) is 0 Å². The minimum Gasteiger partial charge on any atom is -0.464 e. The molecule has 15 heavy (non-hydrogen) atoms. The largest absolute Gasteiger partial charge is 0.464 e. The quantitative estimate of drug-likeness (QED) is 0.431. The summed E-state index contributed by atoms with van der Waals surface area (Å²) in [6.07, 6.45) is 0. The number of hydrogen-bond donors (Lipinski definition) is 1. The molecule has 1 N–H and O–H groups in total. The zero-order chi connectivity index (χ0) is 11.3. The molecule has 84 valence electrons. The van der Waals surface area contributed by atoms with E-state index in [1.807, 2.05) is 6.92 Å². The second-order valence-corrected chi connectivity index (χ2v) is 2.89. The number of nitrogens with one attached hydrogen (secondary N) is 1. The summed E-state index contributed by atoms with van der Waals surface area (Å²) in [6, 6.07) is 1.66. The van der Waals surface area contributed by atoms with Crippen molar-refractivity contribution < 1.29 is 14.4 Å². The highest BCUT2D eigenvalue weighted by Gasteiger charge is 2.12. The number of esters is 1. The fourth-order valence-corrected chi connectivity index (χ4v) is 1.10. The van der Waals surface area contributed by atoms with E-state index >= 15 is 0 Å². The number of carbonyl (C=O) groups excluding carboxylic acids is 1. The van der Waals surface area contributed by atoms with Gasteiger partial charge in [0.2, 0.25) is 0 Å². The first kappa shape index (κ1) is 11.7. The molecule has 0 bridgehead atoms. The van der Waals surface area contributed by atoms with Crippen LogP contribution in [0.25, 0.3) is 0 Å². The first-order valence-electron chi connectivity index (χ1n) is 4.65. The van der Waals surface area contributed by atoms with Gasteiger partial charge in [-0.2, -0.15) is 10.6 Å². The third-order valence-electron chi connectivity index (χ3n) is 1.87. The number of methoxy groups -OCH3 is 1. The fourth-order valence-electron chi connectivity index (χ4n) is 1.10. The highest BCUT2D eigenvalue weighted by molar-refractivity contribution is 5.87. The van der Waals surface area contributed by atoms with Gasteiger partial charge in [0.1, 0.15) is 0 Å². The number of nitrogens with zero attached hydrogens (tertiary/aromatic N) is 2. The molecule has 1 aromatic rings. The minimum atomic E-state index is -0.437. The van der Waals surface area contributed by atoms with Crippen molar-refractivity contribution in [1.82, 2.24) is 15.3 Å². The van der Waals surface area contributed by atoms with E-state index in [0.717, 1.165) is 5.69 Å². The summed E-state index contributed by atoms with van der Waals surface area (Å²) < 4.78 is 6.17. The van der Waals surface area contributed by atoms with Crippen LogP contribution in [0.15, 0.2) is 6.07 Å². The van der Waals surface area contributed by atoms with Crippen LogP contribution in [0.2, 0.25) is 0 Å². The molecule has 0 saturated heterocycles. The van der Waals surface area contributed by atoms with Crippen molar-refractivity contribution in [3.63, 3.8) is 0 Å². The smallest absolute Gasteiger partial charge is 0.358 e. The Labute approximate surface area is 88.1 Å². The van der Waals surface area contributed by atoms with Gasteiger partial charge in [0.25, 0.3) is 0 Å². The Bertz CT molecular complexity index is 335. The van der Waals surface area contributed by atoms with Crippen LogP contribution >= 0.6 is 0 Å². The lowest BCUT2D eigenvalue weighted by molar-refractivity contribution is 0.0449. The predicted molar refractivity (Wildman–Crippen MR) is 53.0 cm³/mol. The molecule has 0 amide bonds. The van der Waals surface area contributed by atoms with Crippen molar-refractivity contribution in [2.24, 2.45) is 7.05 Å². The first-order valence-corrected chi connectivity index (χ1v) is 4.65. The molecular weight excluding hydrogens is 198 g/mol. The maximum atomic E-state index is 11.2. The number of rotatable bonds is 5. The lowest BCUT2D eigenvalue weighted by Crippen LogP contribution is -2.15. The van der Waals surface area contributed by atoms with Crippen molar-refractivity contribution in [1.29, 1.82) is 0 Å². The first-order chi connectivity index (χ1) is 7.19. The molecule has 0 aliphatic rings. The fraction of sp³-hybridized carbons (Fsp3) is 0.556. The van der Waals surface area contributed by atoms with Crippen LogP contribution in [0.1, 0.15) is 23.1 Å². The van der Waals surface area contributed by atoms with E-state index in [4.69, 9.17) is 4.84 Å². The maximum absolute atomic E-state index is 11.2. The van der Waals surface area contributed by atoms with Gasteiger partial charge in [-0.3, -0.25) is 4.68 Å². The second kappa shape index (κ2) is 5.47. The normalized spacial score (nSPS) is 10.3. The molecule has 6 nitrogen and oxygen atoms in total. The molecule has 0 spiro atoms. The van der Waals surface area contributed by atoms with Crippen LogP contribution in [0, 0.1) is 0 Å². The molecule has 1 heterocycles. The predicted octanol–water partition coefficient (Wildman–Crippen LogP) is 0.248. The van der Waals surface area contributed by atoms with Gasteiger partial charge < -0.3 is 9.57 Å². The van der Waals surface area contributed by atoms with Crippen LogP contribution in [-0.2, 0) is 23.2 Å². The van der Waals surface area contributed by atoms with Crippen LogP contribution in [-0.4, -0.2) is 29.5 Å². The molecule has 0 radical (unpaired) electrons. The second-order valence-electron chi connectivity index (χ2n) is 2.89. The lowest BCUT2D eigenvalue weighted by Gasteiger charge is -2.02. The molecule has 0 aliphatic carbocycles. The van der Waals surface area contributed by atoms with Crippen LogP contribution in [0.3, 0.4) is 0 Å². The number of carbonyl (C=O) groups is 1. The Morgan fingerprint density at radius 3 is 3.00 bits per heavy atom. The van der Waals surface area contributed by atoms with Crippen molar-refractivity contribution in [2.45, 2.75) is 13.5 Å². The van der Waals surface area contributed by atoms with E-state index in [-0.39, 0.29) is 0 Å². The van der Waals surface area contributed by atoms with E-state index in [1.54, 1.807) is 17.8 Å². The lowest BCUT2D eigenvalue weighted by atomic mass is 10.3. The average Bonchev–Trinajstić information content (AvgIpc) is 2.60.